The SMILES string of the molecule is CCN(C1CCCCC1)S(=O)(=O)c1c(C)ccc(N)c1C. The Bertz CT molecular complexity index is 605. The van der Waals surface area contributed by atoms with Crippen LogP contribution in [0.3, 0.4) is 0 Å². The molecule has 118 valence electrons. The summed E-state index contributed by atoms with van der Waals surface area (Å²) < 4.78 is 27.9. The van der Waals surface area contributed by atoms with E-state index in [2.05, 4.69) is 0 Å². The predicted octanol–water partition coefficient (Wildman–Crippen LogP) is 3.23. The van der Waals surface area contributed by atoms with E-state index in [4.69, 9.17) is 5.73 Å². The van der Waals surface area contributed by atoms with E-state index in [1.807, 2.05) is 13.8 Å². The molecular weight excluding hydrogens is 284 g/mol. The first-order chi connectivity index (χ1) is 9.89. The van der Waals surface area contributed by atoms with E-state index in [0.717, 1.165) is 31.2 Å². The second-order valence-corrected chi connectivity index (χ2v) is 7.75. The quantitative estimate of drug-likeness (QED) is 0.868. The number of sulfonamides is 1. The Morgan fingerprint density at radius 2 is 1.81 bits per heavy atom. The van der Waals surface area contributed by atoms with Crippen LogP contribution in [0.15, 0.2) is 17.0 Å². The Balaban J connectivity index is 2.47. The van der Waals surface area contributed by atoms with Crippen molar-refractivity contribution in [2.75, 3.05) is 12.3 Å². The molecule has 0 spiro atoms. The van der Waals surface area contributed by atoms with Crippen LogP contribution < -0.4 is 5.73 Å². The molecule has 2 rings (SSSR count). The van der Waals surface area contributed by atoms with Crippen molar-refractivity contribution < 1.29 is 8.42 Å². The fourth-order valence-electron chi connectivity index (χ4n) is 3.35. The second kappa shape index (κ2) is 6.36. The Labute approximate surface area is 128 Å². The third kappa shape index (κ3) is 3.09. The summed E-state index contributed by atoms with van der Waals surface area (Å²) in [5.41, 5.74) is 7.91. The number of nitrogen functional groups attached to an aromatic ring is 1. The maximum atomic E-state index is 13.1. The lowest BCUT2D eigenvalue weighted by molar-refractivity contribution is 0.261. The molecule has 1 aromatic carbocycles. The molecule has 0 radical (unpaired) electrons. The van der Waals surface area contributed by atoms with Gasteiger partial charge in [0.2, 0.25) is 10.0 Å². The van der Waals surface area contributed by atoms with Crippen molar-refractivity contribution >= 4 is 15.7 Å². The Morgan fingerprint density at radius 3 is 2.38 bits per heavy atom. The fraction of sp³-hybridized carbons (Fsp3) is 0.625. The summed E-state index contributed by atoms with van der Waals surface area (Å²) in [5, 5.41) is 0. The van der Waals surface area contributed by atoms with Crippen molar-refractivity contribution in [3.63, 3.8) is 0 Å². The molecule has 21 heavy (non-hydrogen) atoms. The molecule has 0 heterocycles. The summed E-state index contributed by atoms with van der Waals surface area (Å²) in [4.78, 5) is 0.398. The lowest BCUT2D eigenvalue weighted by Crippen LogP contribution is -2.41. The van der Waals surface area contributed by atoms with Crippen molar-refractivity contribution in [1.29, 1.82) is 0 Å². The zero-order valence-corrected chi connectivity index (χ0v) is 14.0. The van der Waals surface area contributed by atoms with E-state index >= 15 is 0 Å². The largest absolute Gasteiger partial charge is 0.398 e. The molecule has 0 aromatic heterocycles. The van der Waals surface area contributed by atoms with E-state index in [9.17, 15) is 8.42 Å². The monoisotopic (exact) mass is 310 g/mol. The number of aryl methyl sites for hydroxylation is 1. The van der Waals surface area contributed by atoms with Gasteiger partial charge in [0.05, 0.1) is 4.90 Å². The summed E-state index contributed by atoms with van der Waals surface area (Å²) >= 11 is 0. The molecule has 1 fully saturated rings. The molecule has 4 nitrogen and oxygen atoms in total. The van der Waals surface area contributed by atoms with Gasteiger partial charge in [0, 0.05) is 18.3 Å². The van der Waals surface area contributed by atoms with Crippen molar-refractivity contribution in [2.24, 2.45) is 0 Å². The molecule has 2 N–H and O–H groups in total. The zero-order valence-electron chi connectivity index (χ0n) is 13.2. The van der Waals surface area contributed by atoms with Crippen molar-refractivity contribution in [1.82, 2.24) is 4.31 Å². The van der Waals surface area contributed by atoms with Crippen LogP contribution in [0.4, 0.5) is 5.69 Å². The minimum Gasteiger partial charge on any atom is -0.398 e. The zero-order chi connectivity index (χ0) is 15.6. The summed E-state index contributed by atoms with van der Waals surface area (Å²) in [7, 11) is -3.48. The highest BCUT2D eigenvalue weighted by atomic mass is 32.2. The van der Waals surface area contributed by atoms with Crippen LogP contribution in [0.5, 0.6) is 0 Å². The molecule has 1 aliphatic carbocycles. The van der Waals surface area contributed by atoms with E-state index in [-0.39, 0.29) is 6.04 Å². The first kappa shape index (κ1) is 16.3. The minimum absolute atomic E-state index is 0.133. The number of benzene rings is 1. The summed E-state index contributed by atoms with van der Waals surface area (Å²) in [6.45, 7) is 6.07. The number of nitrogens with zero attached hydrogens (tertiary/aromatic N) is 1. The van der Waals surface area contributed by atoms with Gasteiger partial charge in [0.15, 0.2) is 0 Å². The number of rotatable bonds is 4. The molecule has 0 aliphatic heterocycles. The molecule has 1 aromatic rings. The molecule has 0 bridgehead atoms. The van der Waals surface area contributed by atoms with Gasteiger partial charge in [0.25, 0.3) is 0 Å². The van der Waals surface area contributed by atoms with E-state index in [1.54, 1.807) is 23.4 Å². The lowest BCUT2D eigenvalue weighted by atomic mass is 9.95. The Hall–Kier alpha value is -1.07. The Kier molecular flexibility index (Phi) is 4.94. The van der Waals surface area contributed by atoms with Crippen LogP contribution >= 0.6 is 0 Å². The van der Waals surface area contributed by atoms with Gasteiger partial charge in [0.1, 0.15) is 0 Å². The maximum Gasteiger partial charge on any atom is 0.243 e. The van der Waals surface area contributed by atoms with Gasteiger partial charge < -0.3 is 5.73 Å². The first-order valence-corrected chi connectivity index (χ1v) is 9.21. The van der Waals surface area contributed by atoms with Gasteiger partial charge in [-0.2, -0.15) is 4.31 Å². The van der Waals surface area contributed by atoms with Crippen molar-refractivity contribution in [3.05, 3.63) is 23.3 Å². The van der Waals surface area contributed by atoms with Crippen LogP contribution in [0, 0.1) is 13.8 Å². The average Bonchev–Trinajstić information content (AvgIpc) is 2.45. The van der Waals surface area contributed by atoms with Gasteiger partial charge >= 0.3 is 0 Å². The van der Waals surface area contributed by atoms with Crippen LogP contribution in [0.25, 0.3) is 0 Å². The summed E-state index contributed by atoms with van der Waals surface area (Å²) in [6, 6.07) is 3.71. The van der Waals surface area contributed by atoms with Gasteiger partial charge in [-0.3, -0.25) is 0 Å². The molecular formula is C16H26N2O2S. The van der Waals surface area contributed by atoms with Gasteiger partial charge in [-0.15, -0.1) is 0 Å². The Morgan fingerprint density at radius 1 is 1.19 bits per heavy atom. The standard InChI is InChI=1S/C16H26N2O2S/c1-4-18(14-8-6-5-7-9-14)21(19,20)16-12(2)10-11-15(17)13(16)3/h10-11,14H,4-9,17H2,1-3H3. The third-order valence-electron chi connectivity index (χ3n) is 4.50. The molecule has 0 atom stereocenters. The summed E-state index contributed by atoms with van der Waals surface area (Å²) in [6.07, 6.45) is 5.38. The molecule has 1 saturated carbocycles. The molecule has 1 aliphatic rings. The normalized spacial score (nSPS) is 17.3. The number of hydrogen-bond acceptors (Lipinski definition) is 3. The fourth-order valence-corrected chi connectivity index (χ4v) is 5.51. The highest BCUT2D eigenvalue weighted by Crippen LogP contribution is 2.32. The number of anilines is 1. The third-order valence-corrected chi connectivity index (χ3v) is 6.82. The second-order valence-electron chi connectivity index (χ2n) is 5.93. The van der Waals surface area contributed by atoms with Crippen LogP contribution in [-0.4, -0.2) is 25.3 Å². The highest BCUT2D eigenvalue weighted by molar-refractivity contribution is 7.89. The van der Waals surface area contributed by atoms with Crippen LogP contribution in [-0.2, 0) is 10.0 Å². The minimum atomic E-state index is -3.48. The molecule has 5 heteroatoms. The average molecular weight is 310 g/mol. The van der Waals surface area contributed by atoms with Crippen LogP contribution in [0.2, 0.25) is 0 Å². The first-order valence-electron chi connectivity index (χ1n) is 7.77. The van der Waals surface area contributed by atoms with Gasteiger partial charge in [-0.05, 0) is 43.9 Å². The maximum absolute atomic E-state index is 13.1. The van der Waals surface area contributed by atoms with Crippen molar-refractivity contribution in [3.8, 4) is 0 Å². The molecule has 0 amide bonds. The van der Waals surface area contributed by atoms with Crippen molar-refractivity contribution in [2.45, 2.75) is 63.8 Å². The summed E-state index contributed by atoms with van der Waals surface area (Å²) in [5.74, 6) is 0. The number of hydrogen-bond donors (Lipinski definition) is 1. The van der Waals surface area contributed by atoms with Gasteiger partial charge in [-0.1, -0.05) is 32.3 Å². The lowest BCUT2D eigenvalue weighted by Gasteiger charge is -2.33. The predicted molar refractivity (Wildman–Crippen MR) is 86.8 cm³/mol. The molecule has 0 saturated heterocycles. The van der Waals surface area contributed by atoms with E-state index < -0.39 is 10.0 Å². The van der Waals surface area contributed by atoms with E-state index in [0.29, 0.717) is 22.7 Å². The highest BCUT2D eigenvalue weighted by Gasteiger charge is 2.33. The smallest absolute Gasteiger partial charge is 0.243 e. The van der Waals surface area contributed by atoms with Gasteiger partial charge in [-0.25, -0.2) is 8.42 Å². The topological polar surface area (TPSA) is 63.4 Å². The van der Waals surface area contributed by atoms with Crippen LogP contribution in [0.1, 0.15) is 50.2 Å². The van der Waals surface area contributed by atoms with E-state index in [1.165, 1.54) is 6.42 Å². The number of nitrogens with two attached hydrogens (primary N) is 1. The molecule has 0 unspecified atom stereocenters.